The largest absolute Gasteiger partial charge is 0.346 e. The van der Waals surface area contributed by atoms with Crippen LogP contribution in [0.3, 0.4) is 0 Å². The lowest BCUT2D eigenvalue weighted by atomic mass is 9.66. The minimum atomic E-state index is 0.116. The monoisotopic (exact) mass is 274 g/mol. The van der Waals surface area contributed by atoms with Crippen molar-refractivity contribution in [2.75, 3.05) is 20.1 Å². The van der Waals surface area contributed by atoms with Crippen molar-refractivity contribution < 1.29 is 4.79 Å². The van der Waals surface area contributed by atoms with Gasteiger partial charge in [0.15, 0.2) is 0 Å². The van der Waals surface area contributed by atoms with E-state index in [1.807, 2.05) is 18.0 Å². The zero-order valence-corrected chi connectivity index (χ0v) is 12.5. The van der Waals surface area contributed by atoms with Gasteiger partial charge in [-0.05, 0) is 43.2 Å². The smallest absolute Gasteiger partial charge is 0.222 e. The summed E-state index contributed by atoms with van der Waals surface area (Å²) in [7, 11) is 1.91. The predicted molar refractivity (Wildman–Crippen MR) is 82.4 cm³/mol. The Morgan fingerprint density at radius 2 is 2.00 bits per heavy atom. The standard InChI is InChI=1S/C17H26N2O/c1-19(12-5-9-15-7-3-2-4-8-15)16(20)13-17(14-18)10-6-11-17/h2-4,7-8H,5-6,9-14,18H2,1H3. The van der Waals surface area contributed by atoms with Crippen LogP contribution in [0.2, 0.25) is 0 Å². The zero-order valence-electron chi connectivity index (χ0n) is 12.5. The number of hydrogen-bond acceptors (Lipinski definition) is 2. The summed E-state index contributed by atoms with van der Waals surface area (Å²) >= 11 is 0. The number of nitrogens with two attached hydrogens (primary N) is 1. The second kappa shape index (κ2) is 6.89. The summed E-state index contributed by atoms with van der Waals surface area (Å²) in [4.78, 5) is 14.1. The van der Waals surface area contributed by atoms with E-state index < -0.39 is 0 Å². The molecule has 0 radical (unpaired) electrons. The second-order valence-corrected chi connectivity index (χ2v) is 6.14. The van der Waals surface area contributed by atoms with E-state index in [0.29, 0.717) is 13.0 Å². The molecule has 0 heterocycles. The Balaban J connectivity index is 1.71. The highest BCUT2D eigenvalue weighted by molar-refractivity contribution is 5.76. The van der Waals surface area contributed by atoms with E-state index >= 15 is 0 Å². The molecule has 0 unspecified atom stereocenters. The Hall–Kier alpha value is -1.35. The molecule has 1 aliphatic carbocycles. The average molecular weight is 274 g/mol. The van der Waals surface area contributed by atoms with Gasteiger partial charge in [-0.3, -0.25) is 4.79 Å². The third-order valence-corrected chi connectivity index (χ3v) is 4.60. The first-order chi connectivity index (χ1) is 9.65. The summed E-state index contributed by atoms with van der Waals surface area (Å²) in [6.07, 6.45) is 6.14. The third kappa shape index (κ3) is 3.83. The molecule has 1 aliphatic rings. The molecule has 110 valence electrons. The van der Waals surface area contributed by atoms with Crippen LogP contribution in [-0.4, -0.2) is 30.9 Å². The maximum absolute atomic E-state index is 12.2. The maximum Gasteiger partial charge on any atom is 0.222 e. The van der Waals surface area contributed by atoms with Crippen molar-refractivity contribution >= 4 is 5.91 Å². The fraction of sp³-hybridized carbons (Fsp3) is 0.588. The molecule has 0 aliphatic heterocycles. The number of amides is 1. The van der Waals surface area contributed by atoms with Crippen LogP contribution >= 0.6 is 0 Å². The Morgan fingerprint density at radius 1 is 1.30 bits per heavy atom. The van der Waals surface area contributed by atoms with Crippen molar-refractivity contribution in [3.05, 3.63) is 35.9 Å². The second-order valence-electron chi connectivity index (χ2n) is 6.14. The summed E-state index contributed by atoms with van der Waals surface area (Å²) in [5.41, 5.74) is 7.28. The average Bonchev–Trinajstić information content (AvgIpc) is 2.43. The fourth-order valence-electron chi connectivity index (χ4n) is 2.88. The minimum absolute atomic E-state index is 0.116. The highest BCUT2D eigenvalue weighted by Gasteiger charge is 2.38. The number of carbonyl (C=O) groups excluding carboxylic acids is 1. The molecule has 2 rings (SSSR count). The van der Waals surface area contributed by atoms with Gasteiger partial charge in [0, 0.05) is 20.0 Å². The SMILES string of the molecule is CN(CCCc1ccccc1)C(=O)CC1(CN)CCC1. The van der Waals surface area contributed by atoms with Crippen molar-refractivity contribution in [2.24, 2.45) is 11.1 Å². The number of rotatable bonds is 7. The molecule has 20 heavy (non-hydrogen) atoms. The van der Waals surface area contributed by atoms with E-state index in [4.69, 9.17) is 5.73 Å². The lowest BCUT2D eigenvalue weighted by molar-refractivity contribution is -0.133. The van der Waals surface area contributed by atoms with Gasteiger partial charge in [-0.25, -0.2) is 0 Å². The molecular formula is C17H26N2O. The molecule has 0 spiro atoms. The number of benzene rings is 1. The molecule has 1 saturated carbocycles. The van der Waals surface area contributed by atoms with Crippen LogP contribution in [0.4, 0.5) is 0 Å². The minimum Gasteiger partial charge on any atom is -0.346 e. The fourth-order valence-corrected chi connectivity index (χ4v) is 2.88. The van der Waals surface area contributed by atoms with Crippen LogP contribution in [0.1, 0.15) is 37.7 Å². The number of aryl methyl sites for hydroxylation is 1. The van der Waals surface area contributed by atoms with Crippen LogP contribution in [0.15, 0.2) is 30.3 Å². The molecule has 1 aromatic rings. The predicted octanol–water partition coefficient (Wildman–Crippen LogP) is 2.60. The van der Waals surface area contributed by atoms with Crippen molar-refractivity contribution in [3.63, 3.8) is 0 Å². The number of nitrogens with zero attached hydrogens (tertiary/aromatic N) is 1. The zero-order chi connectivity index (χ0) is 14.4. The lowest BCUT2D eigenvalue weighted by Gasteiger charge is -2.41. The first-order valence-corrected chi connectivity index (χ1v) is 7.63. The summed E-state index contributed by atoms with van der Waals surface area (Å²) in [6, 6.07) is 10.4. The summed E-state index contributed by atoms with van der Waals surface area (Å²) in [5.74, 6) is 0.253. The van der Waals surface area contributed by atoms with Crippen LogP contribution < -0.4 is 5.73 Å². The van der Waals surface area contributed by atoms with Gasteiger partial charge in [0.05, 0.1) is 0 Å². The summed E-state index contributed by atoms with van der Waals surface area (Å²) < 4.78 is 0. The number of carbonyl (C=O) groups is 1. The molecule has 1 fully saturated rings. The van der Waals surface area contributed by atoms with Crippen LogP contribution in [0.25, 0.3) is 0 Å². The van der Waals surface area contributed by atoms with Gasteiger partial charge in [0.1, 0.15) is 0 Å². The Kier molecular flexibility index (Phi) is 5.18. The van der Waals surface area contributed by atoms with Gasteiger partial charge in [-0.1, -0.05) is 36.8 Å². The maximum atomic E-state index is 12.2. The number of hydrogen-bond donors (Lipinski definition) is 1. The van der Waals surface area contributed by atoms with Crippen molar-refractivity contribution in [2.45, 2.75) is 38.5 Å². The molecule has 1 amide bonds. The van der Waals surface area contributed by atoms with E-state index in [0.717, 1.165) is 32.2 Å². The normalized spacial score (nSPS) is 16.5. The first-order valence-electron chi connectivity index (χ1n) is 7.63. The Labute approximate surface area is 122 Å². The third-order valence-electron chi connectivity index (χ3n) is 4.60. The Bertz CT molecular complexity index is 420. The van der Waals surface area contributed by atoms with E-state index in [1.54, 1.807) is 0 Å². The van der Waals surface area contributed by atoms with Crippen molar-refractivity contribution in [1.29, 1.82) is 0 Å². The molecule has 3 nitrogen and oxygen atoms in total. The molecule has 3 heteroatoms. The van der Waals surface area contributed by atoms with E-state index in [2.05, 4.69) is 24.3 Å². The molecule has 0 bridgehead atoms. The van der Waals surface area contributed by atoms with Gasteiger partial charge < -0.3 is 10.6 Å². The van der Waals surface area contributed by atoms with Gasteiger partial charge >= 0.3 is 0 Å². The van der Waals surface area contributed by atoms with Crippen molar-refractivity contribution in [1.82, 2.24) is 4.90 Å². The summed E-state index contributed by atoms with van der Waals surface area (Å²) in [6.45, 7) is 1.48. The van der Waals surface area contributed by atoms with Crippen molar-refractivity contribution in [3.8, 4) is 0 Å². The Morgan fingerprint density at radius 3 is 2.55 bits per heavy atom. The van der Waals surface area contributed by atoms with Gasteiger partial charge in [0.25, 0.3) is 0 Å². The van der Waals surface area contributed by atoms with Gasteiger partial charge in [0.2, 0.25) is 5.91 Å². The van der Waals surface area contributed by atoms with Crippen LogP contribution in [0.5, 0.6) is 0 Å². The molecule has 0 aromatic heterocycles. The van der Waals surface area contributed by atoms with E-state index in [9.17, 15) is 4.79 Å². The van der Waals surface area contributed by atoms with E-state index in [1.165, 1.54) is 12.0 Å². The molecule has 0 saturated heterocycles. The van der Waals surface area contributed by atoms with Gasteiger partial charge in [-0.15, -0.1) is 0 Å². The highest BCUT2D eigenvalue weighted by atomic mass is 16.2. The lowest BCUT2D eigenvalue weighted by Crippen LogP contribution is -2.42. The highest BCUT2D eigenvalue weighted by Crippen LogP contribution is 2.43. The molecule has 1 aromatic carbocycles. The topological polar surface area (TPSA) is 46.3 Å². The molecule has 0 atom stereocenters. The molecule has 2 N–H and O–H groups in total. The van der Waals surface area contributed by atoms with E-state index in [-0.39, 0.29) is 11.3 Å². The quantitative estimate of drug-likeness (QED) is 0.830. The van der Waals surface area contributed by atoms with Crippen LogP contribution in [0, 0.1) is 5.41 Å². The first kappa shape index (κ1) is 15.0. The van der Waals surface area contributed by atoms with Gasteiger partial charge in [-0.2, -0.15) is 0 Å². The summed E-state index contributed by atoms with van der Waals surface area (Å²) in [5, 5.41) is 0. The van der Waals surface area contributed by atoms with Crippen LogP contribution in [-0.2, 0) is 11.2 Å². The molecular weight excluding hydrogens is 248 g/mol.